The predicted octanol–water partition coefficient (Wildman–Crippen LogP) is 4.41. The molecule has 34 heavy (non-hydrogen) atoms. The monoisotopic (exact) mass is 480 g/mol. The van der Waals surface area contributed by atoms with E-state index in [-0.39, 0.29) is 23.0 Å². The van der Waals surface area contributed by atoms with Gasteiger partial charge in [0.2, 0.25) is 0 Å². The van der Waals surface area contributed by atoms with Gasteiger partial charge in [0.15, 0.2) is 0 Å². The first-order valence-corrected chi connectivity index (χ1v) is 12.0. The van der Waals surface area contributed by atoms with Crippen LogP contribution in [-0.4, -0.2) is 39.7 Å². The quantitative estimate of drug-likeness (QED) is 0.503. The van der Waals surface area contributed by atoms with Gasteiger partial charge < -0.3 is 14.4 Å². The summed E-state index contributed by atoms with van der Waals surface area (Å²) in [6.07, 6.45) is 7.24. The van der Waals surface area contributed by atoms with Gasteiger partial charge in [-0.15, -0.1) is 0 Å². The molecule has 0 unspecified atom stereocenters. The lowest BCUT2D eigenvalue weighted by molar-refractivity contribution is 0.364. The predicted molar refractivity (Wildman–Crippen MR) is 131 cm³/mol. The van der Waals surface area contributed by atoms with Crippen LogP contribution in [0.4, 0.5) is 15.9 Å². The highest BCUT2D eigenvalue weighted by molar-refractivity contribution is 6.29. The molecule has 2 saturated carbocycles. The molecule has 0 aliphatic heterocycles. The second-order valence-corrected chi connectivity index (χ2v) is 9.63. The first kappa shape index (κ1) is 22.6. The number of aromatic nitrogens is 3. The van der Waals surface area contributed by atoms with Crippen molar-refractivity contribution >= 4 is 34.1 Å². The normalized spacial score (nSPS) is 20.2. The number of nitrogens with zero attached hydrogens (tertiary/aromatic N) is 6. The Morgan fingerprint density at radius 3 is 2.32 bits per heavy atom. The molecule has 0 saturated heterocycles. The minimum absolute atomic E-state index is 0.0875. The number of halogens is 2. The molecule has 3 heterocycles. The van der Waals surface area contributed by atoms with Crippen LogP contribution in [0.5, 0.6) is 0 Å². The van der Waals surface area contributed by atoms with Crippen LogP contribution in [0.25, 0.3) is 11.0 Å². The van der Waals surface area contributed by atoms with E-state index in [0.29, 0.717) is 34.0 Å². The summed E-state index contributed by atoms with van der Waals surface area (Å²) >= 11 is 6.19. The second-order valence-electron chi connectivity index (χ2n) is 9.25. The summed E-state index contributed by atoms with van der Waals surface area (Å²) in [5, 5.41) is 10.2. The lowest BCUT2D eigenvalue weighted by Crippen LogP contribution is -2.45. The lowest BCUT2D eigenvalue weighted by atomic mass is 9.88. The zero-order chi connectivity index (χ0) is 24.0. The summed E-state index contributed by atoms with van der Waals surface area (Å²) in [4.78, 5) is 26.2. The SMILES string of the molecule is Cn1c(=O)c(C#N)c(N(C)[C@H]2CC[C@H](N(c3ccc(F)cn3)C3CC3)CC2)c2nc(Cl)ccc21. The van der Waals surface area contributed by atoms with Crippen LogP contribution in [0.3, 0.4) is 0 Å². The molecule has 7 nitrogen and oxygen atoms in total. The zero-order valence-corrected chi connectivity index (χ0v) is 20.0. The Balaban J connectivity index is 1.42. The van der Waals surface area contributed by atoms with Crippen molar-refractivity contribution < 1.29 is 4.39 Å². The third-order valence-corrected chi connectivity index (χ3v) is 7.38. The average Bonchev–Trinajstić information content (AvgIpc) is 3.67. The molecule has 3 aromatic heterocycles. The minimum Gasteiger partial charge on any atom is -0.369 e. The van der Waals surface area contributed by atoms with Crippen LogP contribution in [0, 0.1) is 17.1 Å². The van der Waals surface area contributed by atoms with Gasteiger partial charge in [-0.3, -0.25) is 4.79 Å². The molecular formula is C25H26ClFN6O. The summed E-state index contributed by atoms with van der Waals surface area (Å²) < 4.78 is 14.9. The molecule has 0 radical (unpaired) electrons. The second kappa shape index (κ2) is 8.88. The van der Waals surface area contributed by atoms with E-state index >= 15 is 0 Å². The van der Waals surface area contributed by atoms with Crippen LogP contribution in [-0.2, 0) is 7.05 Å². The van der Waals surface area contributed by atoms with E-state index in [1.807, 2.05) is 11.9 Å². The van der Waals surface area contributed by atoms with Gasteiger partial charge in [0.25, 0.3) is 5.56 Å². The summed E-state index contributed by atoms with van der Waals surface area (Å²) in [6, 6.07) is 9.72. The summed E-state index contributed by atoms with van der Waals surface area (Å²) in [6.45, 7) is 0. The maximum absolute atomic E-state index is 13.4. The number of pyridine rings is 3. The Bertz CT molecular complexity index is 1320. The van der Waals surface area contributed by atoms with E-state index in [0.717, 1.165) is 44.3 Å². The first-order valence-electron chi connectivity index (χ1n) is 11.6. The fraction of sp³-hybridized carbons (Fsp3) is 0.440. The fourth-order valence-electron chi connectivity index (χ4n) is 5.27. The van der Waals surface area contributed by atoms with Crippen LogP contribution in [0.1, 0.15) is 44.1 Å². The Labute approximate surface area is 202 Å². The fourth-order valence-corrected chi connectivity index (χ4v) is 5.41. The Hall–Kier alpha value is -3.18. The van der Waals surface area contributed by atoms with Crippen molar-refractivity contribution in [2.75, 3.05) is 16.8 Å². The molecule has 3 aromatic rings. The highest BCUT2D eigenvalue weighted by Crippen LogP contribution is 2.39. The Kier molecular flexibility index (Phi) is 5.90. The van der Waals surface area contributed by atoms with Crippen molar-refractivity contribution in [3.63, 3.8) is 0 Å². The van der Waals surface area contributed by atoms with E-state index in [2.05, 4.69) is 20.9 Å². The van der Waals surface area contributed by atoms with Crippen molar-refractivity contribution in [3.05, 3.63) is 57.3 Å². The summed E-state index contributed by atoms with van der Waals surface area (Å²) in [7, 11) is 3.58. The molecule has 9 heteroatoms. The highest BCUT2D eigenvalue weighted by atomic mass is 35.5. The minimum atomic E-state index is -0.336. The smallest absolute Gasteiger partial charge is 0.270 e. The molecule has 0 bridgehead atoms. The first-order chi connectivity index (χ1) is 16.4. The van der Waals surface area contributed by atoms with Crippen LogP contribution >= 0.6 is 11.6 Å². The van der Waals surface area contributed by atoms with Crippen molar-refractivity contribution in [3.8, 4) is 6.07 Å². The standard InChI is InChI=1S/C25H26ClFN6O/c1-31(24-19(13-28)25(34)32(2)20-10-11-21(26)30-23(20)24)16-4-6-17(7-5-16)33(18-8-9-18)22-12-3-15(27)14-29-22/h3,10-12,14,16-18H,4-9H2,1-2H3/t16-,17-. The van der Waals surface area contributed by atoms with Crippen LogP contribution in [0.15, 0.2) is 35.3 Å². The molecular weight excluding hydrogens is 455 g/mol. The van der Waals surface area contributed by atoms with Gasteiger partial charge in [0, 0.05) is 32.2 Å². The Morgan fingerprint density at radius 1 is 1.09 bits per heavy atom. The van der Waals surface area contributed by atoms with Gasteiger partial charge in [-0.1, -0.05) is 11.6 Å². The number of hydrogen-bond donors (Lipinski definition) is 0. The number of hydrogen-bond acceptors (Lipinski definition) is 6. The van der Waals surface area contributed by atoms with E-state index < -0.39 is 0 Å². The van der Waals surface area contributed by atoms with Gasteiger partial charge in [-0.05, 0) is 62.8 Å². The van der Waals surface area contributed by atoms with Crippen molar-refractivity contribution in [1.82, 2.24) is 14.5 Å². The van der Waals surface area contributed by atoms with Gasteiger partial charge in [0.05, 0.1) is 17.4 Å². The Morgan fingerprint density at radius 2 is 1.74 bits per heavy atom. The maximum Gasteiger partial charge on any atom is 0.270 e. The highest BCUT2D eigenvalue weighted by Gasteiger charge is 2.38. The van der Waals surface area contributed by atoms with E-state index in [1.165, 1.54) is 16.8 Å². The topological polar surface area (TPSA) is 78.0 Å². The van der Waals surface area contributed by atoms with E-state index in [4.69, 9.17) is 11.6 Å². The molecule has 2 fully saturated rings. The van der Waals surface area contributed by atoms with Gasteiger partial charge in [0.1, 0.15) is 33.9 Å². The maximum atomic E-state index is 13.4. The van der Waals surface area contributed by atoms with E-state index in [1.54, 1.807) is 25.2 Å². The largest absolute Gasteiger partial charge is 0.369 e. The van der Waals surface area contributed by atoms with Gasteiger partial charge in [-0.2, -0.15) is 5.26 Å². The van der Waals surface area contributed by atoms with Crippen LogP contribution < -0.4 is 15.4 Å². The third-order valence-electron chi connectivity index (χ3n) is 7.17. The zero-order valence-electron chi connectivity index (χ0n) is 19.2. The van der Waals surface area contributed by atoms with Crippen molar-refractivity contribution in [1.29, 1.82) is 5.26 Å². The average molecular weight is 481 g/mol. The molecule has 176 valence electrons. The third kappa shape index (κ3) is 3.98. The number of anilines is 2. The number of aryl methyl sites for hydroxylation is 1. The lowest BCUT2D eigenvalue weighted by Gasteiger charge is -2.41. The molecule has 5 rings (SSSR count). The molecule has 0 aromatic carbocycles. The molecule has 0 atom stereocenters. The van der Waals surface area contributed by atoms with Gasteiger partial charge >= 0.3 is 0 Å². The van der Waals surface area contributed by atoms with Crippen molar-refractivity contribution in [2.45, 2.75) is 56.7 Å². The summed E-state index contributed by atoms with van der Waals surface area (Å²) in [5.74, 6) is 0.511. The molecule has 0 amide bonds. The number of fused-ring (bicyclic) bond motifs is 1. The number of nitriles is 1. The molecule has 2 aliphatic rings. The molecule has 0 spiro atoms. The summed E-state index contributed by atoms with van der Waals surface area (Å²) in [5.41, 5.74) is 1.50. The number of rotatable bonds is 5. The van der Waals surface area contributed by atoms with E-state index in [9.17, 15) is 14.4 Å². The molecule has 0 N–H and O–H groups in total. The van der Waals surface area contributed by atoms with Crippen molar-refractivity contribution in [2.24, 2.45) is 7.05 Å². The molecule has 2 aliphatic carbocycles. The van der Waals surface area contributed by atoms with Crippen LogP contribution in [0.2, 0.25) is 5.15 Å². The van der Waals surface area contributed by atoms with Gasteiger partial charge in [-0.25, -0.2) is 14.4 Å².